The van der Waals surface area contributed by atoms with Crippen molar-refractivity contribution < 1.29 is 8.42 Å². The van der Waals surface area contributed by atoms with E-state index in [1.165, 1.54) is 7.05 Å². The molecule has 0 heterocycles. The number of benzene rings is 1. The van der Waals surface area contributed by atoms with Crippen molar-refractivity contribution in [2.75, 3.05) is 19.3 Å². The summed E-state index contributed by atoms with van der Waals surface area (Å²) in [5.41, 5.74) is 6.74. The first-order valence-corrected chi connectivity index (χ1v) is 6.29. The third-order valence-corrected chi connectivity index (χ3v) is 3.94. The van der Waals surface area contributed by atoms with E-state index in [-0.39, 0.29) is 12.3 Å². The Bertz CT molecular complexity index is 503. The molecule has 0 spiro atoms. The van der Waals surface area contributed by atoms with E-state index >= 15 is 0 Å². The van der Waals surface area contributed by atoms with Crippen LogP contribution in [0.15, 0.2) is 24.3 Å². The van der Waals surface area contributed by atoms with Crippen molar-refractivity contribution >= 4 is 15.7 Å². The largest absolute Gasteiger partial charge is 0.398 e. The molecule has 1 rings (SSSR count). The minimum absolute atomic E-state index is 0.0646. The number of rotatable bonds is 4. The maximum Gasteiger partial charge on any atom is 0.218 e. The molecule has 1 aromatic rings. The molecule has 86 valence electrons. The van der Waals surface area contributed by atoms with Crippen LogP contribution < -0.4 is 5.73 Å². The first-order valence-electron chi connectivity index (χ1n) is 4.68. The van der Waals surface area contributed by atoms with Gasteiger partial charge in [-0.2, -0.15) is 4.31 Å². The highest BCUT2D eigenvalue weighted by atomic mass is 32.2. The molecule has 0 aliphatic carbocycles. The molecule has 2 N–H and O–H groups in total. The molecule has 5 heteroatoms. The van der Waals surface area contributed by atoms with Crippen LogP contribution in [0.2, 0.25) is 0 Å². The van der Waals surface area contributed by atoms with E-state index in [1.54, 1.807) is 24.3 Å². The van der Waals surface area contributed by atoms with Crippen molar-refractivity contribution in [2.45, 2.75) is 5.75 Å². The Balaban J connectivity index is 2.90. The molecule has 1 aromatic carbocycles. The van der Waals surface area contributed by atoms with E-state index in [2.05, 4.69) is 5.92 Å². The van der Waals surface area contributed by atoms with Gasteiger partial charge in [0, 0.05) is 12.7 Å². The predicted octanol–water partition coefficient (Wildman–Crippen LogP) is 0.664. The lowest BCUT2D eigenvalue weighted by Gasteiger charge is -2.14. The first-order chi connectivity index (χ1) is 7.47. The number of para-hydroxylation sites is 1. The van der Waals surface area contributed by atoms with Gasteiger partial charge in [0.25, 0.3) is 0 Å². The van der Waals surface area contributed by atoms with Crippen molar-refractivity contribution in [1.82, 2.24) is 4.31 Å². The smallest absolute Gasteiger partial charge is 0.218 e. The summed E-state index contributed by atoms with van der Waals surface area (Å²) in [5, 5.41) is 0. The van der Waals surface area contributed by atoms with Gasteiger partial charge >= 0.3 is 0 Å². The monoisotopic (exact) mass is 238 g/mol. The number of nitrogen functional groups attached to an aromatic ring is 1. The van der Waals surface area contributed by atoms with Crippen LogP contribution >= 0.6 is 0 Å². The molecule has 4 nitrogen and oxygen atoms in total. The highest BCUT2D eigenvalue weighted by Gasteiger charge is 2.18. The molecule has 0 unspecified atom stereocenters. The van der Waals surface area contributed by atoms with E-state index in [0.717, 1.165) is 4.31 Å². The molecular formula is C11H14N2O2S. The van der Waals surface area contributed by atoms with Crippen LogP contribution in [-0.2, 0) is 15.8 Å². The normalized spacial score (nSPS) is 11.3. The summed E-state index contributed by atoms with van der Waals surface area (Å²) in [7, 11) is -1.93. The number of terminal acetylenes is 1. The fraction of sp³-hybridized carbons (Fsp3) is 0.273. The number of sulfonamides is 1. The SMILES string of the molecule is C#CCN(C)S(=O)(=O)Cc1ccccc1N. The molecule has 0 fully saturated rings. The first kappa shape index (κ1) is 12.6. The van der Waals surface area contributed by atoms with Gasteiger partial charge in [0.1, 0.15) is 0 Å². The van der Waals surface area contributed by atoms with Crippen LogP contribution in [0.5, 0.6) is 0 Å². The number of hydrogen-bond donors (Lipinski definition) is 1. The van der Waals surface area contributed by atoms with Crippen LogP contribution in [0.1, 0.15) is 5.56 Å². The van der Waals surface area contributed by atoms with Crippen LogP contribution in [0.3, 0.4) is 0 Å². The van der Waals surface area contributed by atoms with Crippen molar-refractivity contribution in [2.24, 2.45) is 0 Å². The van der Waals surface area contributed by atoms with E-state index in [4.69, 9.17) is 12.2 Å². The predicted molar refractivity (Wildman–Crippen MR) is 64.9 cm³/mol. The minimum atomic E-state index is -3.39. The Morgan fingerprint density at radius 1 is 1.44 bits per heavy atom. The summed E-state index contributed by atoms with van der Waals surface area (Å²) >= 11 is 0. The molecule has 0 aromatic heterocycles. The standard InChI is InChI=1S/C11H14N2O2S/c1-3-8-13(2)16(14,15)9-10-6-4-5-7-11(10)12/h1,4-7H,8-9,12H2,2H3. The molecular weight excluding hydrogens is 224 g/mol. The summed E-state index contributed by atoms with van der Waals surface area (Å²) in [6.45, 7) is 0.0646. The minimum Gasteiger partial charge on any atom is -0.398 e. The Kier molecular flexibility index (Phi) is 3.93. The molecule has 0 bridgehead atoms. The van der Waals surface area contributed by atoms with Crippen molar-refractivity contribution in [1.29, 1.82) is 0 Å². The Hall–Kier alpha value is -1.51. The van der Waals surface area contributed by atoms with Crippen LogP contribution in [0.4, 0.5) is 5.69 Å². The van der Waals surface area contributed by atoms with Crippen LogP contribution in [0, 0.1) is 12.3 Å². The van der Waals surface area contributed by atoms with Gasteiger partial charge in [-0.05, 0) is 11.6 Å². The lowest BCUT2D eigenvalue weighted by molar-refractivity contribution is 0.502. The molecule has 0 saturated heterocycles. The van der Waals surface area contributed by atoms with Crippen LogP contribution in [0.25, 0.3) is 0 Å². The van der Waals surface area contributed by atoms with Crippen LogP contribution in [-0.4, -0.2) is 26.3 Å². The number of anilines is 1. The van der Waals surface area contributed by atoms with Gasteiger partial charge in [-0.1, -0.05) is 24.1 Å². The highest BCUT2D eigenvalue weighted by Crippen LogP contribution is 2.15. The van der Waals surface area contributed by atoms with Gasteiger partial charge in [-0.3, -0.25) is 0 Å². The Labute approximate surface area is 96.1 Å². The molecule has 16 heavy (non-hydrogen) atoms. The van der Waals surface area contributed by atoms with E-state index in [1.807, 2.05) is 0 Å². The molecule has 0 aliphatic rings. The average molecular weight is 238 g/mol. The topological polar surface area (TPSA) is 63.4 Å². The Morgan fingerprint density at radius 2 is 2.06 bits per heavy atom. The maximum atomic E-state index is 11.8. The zero-order valence-corrected chi connectivity index (χ0v) is 9.87. The lowest BCUT2D eigenvalue weighted by atomic mass is 10.2. The third-order valence-electron chi connectivity index (χ3n) is 2.18. The third kappa shape index (κ3) is 2.99. The number of hydrogen-bond acceptors (Lipinski definition) is 3. The van der Waals surface area contributed by atoms with Gasteiger partial charge in [0.2, 0.25) is 10.0 Å². The summed E-state index contributed by atoms with van der Waals surface area (Å²) in [6.07, 6.45) is 5.07. The fourth-order valence-corrected chi connectivity index (χ4v) is 2.35. The molecule has 0 radical (unpaired) electrons. The fourth-order valence-electron chi connectivity index (χ4n) is 1.20. The zero-order valence-electron chi connectivity index (χ0n) is 9.05. The van der Waals surface area contributed by atoms with Gasteiger partial charge < -0.3 is 5.73 Å². The average Bonchev–Trinajstić information content (AvgIpc) is 2.21. The summed E-state index contributed by atoms with van der Waals surface area (Å²) in [5.74, 6) is 2.16. The van der Waals surface area contributed by atoms with E-state index in [0.29, 0.717) is 11.3 Å². The second kappa shape index (κ2) is 5.01. The van der Waals surface area contributed by atoms with Crippen molar-refractivity contribution in [3.63, 3.8) is 0 Å². The molecule has 0 atom stereocenters. The van der Waals surface area contributed by atoms with Gasteiger partial charge in [0.05, 0.1) is 12.3 Å². The second-order valence-corrected chi connectivity index (χ2v) is 5.49. The van der Waals surface area contributed by atoms with Crippen molar-refractivity contribution in [3.05, 3.63) is 29.8 Å². The molecule has 0 saturated carbocycles. The maximum absolute atomic E-state index is 11.8. The highest BCUT2D eigenvalue weighted by molar-refractivity contribution is 7.88. The summed E-state index contributed by atoms with van der Waals surface area (Å²) < 4.78 is 24.8. The van der Waals surface area contributed by atoms with Gasteiger partial charge in [-0.25, -0.2) is 8.42 Å². The number of nitrogens with two attached hydrogens (primary N) is 1. The Morgan fingerprint density at radius 3 is 2.62 bits per heavy atom. The zero-order chi connectivity index (χ0) is 12.2. The van der Waals surface area contributed by atoms with E-state index < -0.39 is 10.0 Å². The summed E-state index contributed by atoms with van der Waals surface area (Å²) in [4.78, 5) is 0. The van der Waals surface area contributed by atoms with Gasteiger partial charge in [0.15, 0.2) is 0 Å². The van der Waals surface area contributed by atoms with E-state index in [9.17, 15) is 8.42 Å². The number of nitrogens with zero attached hydrogens (tertiary/aromatic N) is 1. The summed E-state index contributed by atoms with van der Waals surface area (Å²) in [6, 6.07) is 6.88. The second-order valence-electron chi connectivity index (χ2n) is 3.42. The molecule has 0 amide bonds. The quantitative estimate of drug-likeness (QED) is 0.619. The molecule has 0 aliphatic heterocycles. The lowest BCUT2D eigenvalue weighted by Crippen LogP contribution is -2.28. The van der Waals surface area contributed by atoms with Crippen molar-refractivity contribution in [3.8, 4) is 12.3 Å². The van der Waals surface area contributed by atoms with Gasteiger partial charge in [-0.15, -0.1) is 6.42 Å².